The summed E-state index contributed by atoms with van der Waals surface area (Å²) in [6.45, 7) is 1.78. The van der Waals surface area contributed by atoms with E-state index in [-0.39, 0.29) is 11.7 Å². The Morgan fingerprint density at radius 2 is 2.15 bits per heavy atom. The molecule has 1 heterocycles. The van der Waals surface area contributed by atoms with E-state index in [1.165, 1.54) is 19.2 Å². The zero-order chi connectivity index (χ0) is 14.7. The molecular weight excluding hydrogens is 278 g/mol. The van der Waals surface area contributed by atoms with Crippen LogP contribution in [0.3, 0.4) is 0 Å². The number of aromatic nitrogens is 1. The van der Waals surface area contributed by atoms with E-state index in [4.69, 9.17) is 4.74 Å². The van der Waals surface area contributed by atoms with Crippen molar-refractivity contribution in [2.45, 2.75) is 6.92 Å². The molecule has 0 saturated carbocycles. The van der Waals surface area contributed by atoms with Gasteiger partial charge >= 0.3 is 0 Å². The predicted octanol–water partition coefficient (Wildman–Crippen LogP) is 2.29. The van der Waals surface area contributed by atoms with E-state index in [1.807, 2.05) is 0 Å². The third-order valence-electron chi connectivity index (χ3n) is 2.79. The molecule has 0 aliphatic rings. The van der Waals surface area contributed by atoms with Gasteiger partial charge in [0.25, 0.3) is 5.91 Å². The topological polar surface area (TPSA) is 51.2 Å². The Labute approximate surface area is 118 Å². The van der Waals surface area contributed by atoms with Crippen LogP contribution in [0.15, 0.2) is 30.5 Å². The molecule has 2 rings (SSSR count). The molecule has 6 heteroatoms. The lowest BCUT2D eigenvalue weighted by Gasteiger charge is -2.09. The summed E-state index contributed by atoms with van der Waals surface area (Å²) in [6, 6.07) is 5.92. The summed E-state index contributed by atoms with van der Waals surface area (Å²) in [6.07, 6.45) is 1.57. The monoisotopic (exact) mass is 292 g/mol. The minimum absolute atomic E-state index is 0.292. The molecule has 20 heavy (non-hydrogen) atoms. The largest absolute Gasteiger partial charge is 0.481 e. The average Bonchev–Trinajstić information content (AvgIpc) is 2.43. The van der Waals surface area contributed by atoms with Crippen LogP contribution in [0.25, 0.3) is 0 Å². The van der Waals surface area contributed by atoms with Gasteiger partial charge in [-0.15, -0.1) is 9.24 Å². The lowest BCUT2D eigenvalue weighted by Crippen LogP contribution is -2.15. The van der Waals surface area contributed by atoms with Crippen molar-refractivity contribution in [3.63, 3.8) is 0 Å². The Morgan fingerprint density at radius 3 is 2.80 bits per heavy atom. The molecule has 0 fully saturated rings. The molecule has 1 aromatic heterocycles. The van der Waals surface area contributed by atoms with Crippen molar-refractivity contribution in [3.05, 3.63) is 47.4 Å². The number of halogens is 1. The number of methoxy groups -OCH3 is 1. The van der Waals surface area contributed by atoms with Crippen LogP contribution in [-0.4, -0.2) is 18.0 Å². The number of anilines is 1. The number of carbonyl (C=O) groups excluding carboxylic acids is 1. The number of rotatable bonds is 3. The van der Waals surface area contributed by atoms with Crippen LogP contribution in [0, 0.1) is 12.7 Å². The number of carbonyl (C=O) groups is 1. The number of ether oxygens (including phenoxy) is 1. The number of nitrogens with zero attached hydrogens (tertiary/aromatic N) is 1. The van der Waals surface area contributed by atoms with E-state index in [0.717, 1.165) is 5.56 Å². The second-order valence-corrected chi connectivity index (χ2v) is 4.85. The number of hydrogen-bond donors (Lipinski definition) is 1. The molecule has 0 radical (unpaired) electrons. The third-order valence-corrected chi connectivity index (χ3v) is 3.23. The molecule has 0 saturated heterocycles. The summed E-state index contributed by atoms with van der Waals surface area (Å²) in [5, 5.41) is 3.11. The number of benzene rings is 1. The first-order valence-electron chi connectivity index (χ1n) is 5.88. The maximum absolute atomic E-state index is 13.2. The van der Waals surface area contributed by atoms with E-state index in [1.54, 1.807) is 25.3 Å². The molecule has 104 valence electrons. The minimum Gasteiger partial charge on any atom is -0.481 e. The van der Waals surface area contributed by atoms with Gasteiger partial charge in [-0.25, -0.2) is 9.37 Å². The summed E-state index contributed by atoms with van der Waals surface area (Å²) < 4.78 is 18.2. The molecule has 0 bridgehead atoms. The van der Waals surface area contributed by atoms with Gasteiger partial charge in [-0.2, -0.15) is 0 Å². The molecule has 0 spiro atoms. The standard InChI is InChI=1S/C14H14FN2O2P/c1-8-7-16-13(19-2)6-10(8)14(18)17-9-3-4-11(15)12(20)5-9/h3-7H,20H2,1-2H3,(H,17,18). The van der Waals surface area contributed by atoms with Crippen molar-refractivity contribution >= 4 is 26.1 Å². The Bertz CT molecular complexity index is 662. The molecule has 1 N–H and O–H groups in total. The van der Waals surface area contributed by atoms with Crippen LogP contribution in [0.5, 0.6) is 5.88 Å². The number of amides is 1. The second kappa shape index (κ2) is 5.97. The van der Waals surface area contributed by atoms with Gasteiger partial charge in [-0.3, -0.25) is 4.79 Å². The van der Waals surface area contributed by atoms with E-state index in [0.29, 0.717) is 22.4 Å². The molecule has 1 amide bonds. The lowest BCUT2D eigenvalue weighted by molar-refractivity contribution is 0.102. The van der Waals surface area contributed by atoms with Crippen molar-refractivity contribution in [3.8, 4) is 5.88 Å². The van der Waals surface area contributed by atoms with E-state index in [9.17, 15) is 9.18 Å². The normalized spacial score (nSPS) is 10.2. The van der Waals surface area contributed by atoms with Crippen molar-refractivity contribution in [2.75, 3.05) is 12.4 Å². The number of nitrogens with one attached hydrogen (secondary N) is 1. The fourth-order valence-corrected chi connectivity index (χ4v) is 1.96. The highest BCUT2D eigenvalue weighted by molar-refractivity contribution is 7.27. The molecule has 1 unspecified atom stereocenters. The average molecular weight is 292 g/mol. The van der Waals surface area contributed by atoms with Crippen LogP contribution < -0.4 is 15.4 Å². The SMILES string of the molecule is COc1cc(C(=O)Nc2ccc(F)c(P)c2)c(C)cn1. The maximum atomic E-state index is 13.2. The predicted molar refractivity (Wildman–Crippen MR) is 79.2 cm³/mol. The molecule has 0 aliphatic heterocycles. The Morgan fingerprint density at radius 1 is 1.40 bits per heavy atom. The highest BCUT2D eigenvalue weighted by atomic mass is 31.0. The van der Waals surface area contributed by atoms with Crippen molar-refractivity contribution in [2.24, 2.45) is 0 Å². The van der Waals surface area contributed by atoms with Crippen LogP contribution in [0.2, 0.25) is 0 Å². The van der Waals surface area contributed by atoms with Gasteiger partial charge in [0.1, 0.15) is 5.82 Å². The van der Waals surface area contributed by atoms with Crippen LogP contribution in [0.4, 0.5) is 10.1 Å². The van der Waals surface area contributed by atoms with Crippen LogP contribution >= 0.6 is 9.24 Å². The lowest BCUT2D eigenvalue weighted by atomic mass is 10.1. The Hall–Kier alpha value is -2.00. The van der Waals surface area contributed by atoms with Crippen LogP contribution in [0.1, 0.15) is 15.9 Å². The van der Waals surface area contributed by atoms with Crippen LogP contribution in [-0.2, 0) is 0 Å². The van der Waals surface area contributed by atoms with Gasteiger partial charge in [-0.05, 0) is 30.7 Å². The summed E-state index contributed by atoms with van der Waals surface area (Å²) in [4.78, 5) is 16.2. The van der Waals surface area contributed by atoms with Crippen molar-refractivity contribution < 1.29 is 13.9 Å². The number of hydrogen-bond acceptors (Lipinski definition) is 3. The molecule has 2 aromatic rings. The third kappa shape index (κ3) is 3.11. The Balaban J connectivity index is 2.25. The minimum atomic E-state index is -0.338. The van der Waals surface area contributed by atoms with Crippen molar-refractivity contribution in [1.82, 2.24) is 4.98 Å². The highest BCUT2D eigenvalue weighted by Gasteiger charge is 2.12. The number of pyridine rings is 1. The summed E-state index contributed by atoms with van der Waals surface area (Å²) in [5.41, 5.74) is 1.72. The smallest absolute Gasteiger partial charge is 0.256 e. The first kappa shape index (κ1) is 14.4. The fourth-order valence-electron chi connectivity index (χ4n) is 1.68. The zero-order valence-corrected chi connectivity index (χ0v) is 12.3. The first-order valence-corrected chi connectivity index (χ1v) is 6.46. The van der Waals surface area contributed by atoms with E-state index in [2.05, 4.69) is 19.5 Å². The van der Waals surface area contributed by atoms with Gasteiger partial charge in [-0.1, -0.05) is 0 Å². The molecule has 0 aliphatic carbocycles. The zero-order valence-electron chi connectivity index (χ0n) is 11.1. The fraction of sp³-hybridized carbons (Fsp3) is 0.143. The van der Waals surface area contributed by atoms with Gasteiger partial charge < -0.3 is 10.1 Å². The van der Waals surface area contributed by atoms with Crippen molar-refractivity contribution in [1.29, 1.82) is 0 Å². The molecule has 4 nitrogen and oxygen atoms in total. The van der Waals surface area contributed by atoms with Gasteiger partial charge in [0, 0.05) is 28.8 Å². The van der Waals surface area contributed by atoms with Gasteiger partial charge in [0.2, 0.25) is 5.88 Å². The molecule has 1 aromatic carbocycles. The van der Waals surface area contributed by atoms with Gasteiger partial charge in [0.15, 0.2) is 0 Å². The summed E-state index contributed by atoms with van der Waals surface area (Å²) >= 11 is 0. The summed E-state index contributed by atoms with van der Waals surface area (Å²) in [5.74, 6) is -0.263. The van der Waals surface area contributed by atoms with E-state index >= 15 is 0 Å². The molecular formula is C14H14FN2O2P. The summed E-state index contributed by atoms with van der Waals surface area (Å²) in [7, 11) is 3.77. The maximum Gasteiger partial charge on any atom is 0.256 e. The first-order chi connectivity index (χ1) is 9.51. The van der Waals surface area contributed by atoms with Gasteiger partial charge in [0.05, 0.1) is 7.11 Å². The quantitative estimate of drug-likeness (QED) is 0.883. The highest BCUT2D eigenvalue weighted by Crippen LogP contribution is 2.16. The van der Waals surface area contributed by atoms with E-state index < -0.39 is 0 Å². The number of aryl methyl sites for hydroxylation is 1. The Kier molecular flexibility index (Phi) is 4.30. The molecule has 1 atom stereocenters. The second-order valence-electron chi connectivity index (χ2n) is 4.23.